The fourth-order valence-electron chi connectivity index (χ4n) is 5.67. The molecule has 0 aromatic heterocycles. The van der Waals surface area contributed by atoms with Crippen LogP contribution in [0.25, 0.3) is 0 Å². The second kappa shape index (κ2) is 7.01. The molecule has 3 nitrogen and oxygen atoms in total. The molecule has 4 bridgehead atoms. The predicted octanol–water partition coefficient (Wildman–Crippen LogP) is 4.52. The van der Waals surface area contributed by atoms with Crippen molar-refractivity contribution in [2.24, 2.45) is 23.7 Å². The SMILES string of the molecule is CC[C@@H](C)c1ccc(OCC(=O)NC2C3CC4CC(C3)CC2C4)cc1. The van der Waals surface area contributed by atoms with Crippen molar-refractivity contribution in [3.63, 3.8) is 0 Å². The monoisotopic (exact) mass is 341 g/mol. The van der Waals surface area contributed by atoms with E-state index in [1.54, 1.807) is 0 Å². The van der Waals surface area contributed by atoms with Crippen LogP contribution in [-0.2, 0) is 4.79 Å². The minimum atomic E-state index is 0.0449. The van der Waals surface area contributed by atoms with Crippen molar-refractivity contribution < 1.29 is 9.53 Å². The van der Waals surface area contributed by atoms with Crippen molar-refractivity contribution in [1.82, 2.24) is 5.32 Å². The van der Waals surface area contributed by atoms with Gasteiger partial charge in [-0.25, -0.2) is 0 Å². The maximum atomic E-state index is 12.4. The van der Waals surface area contributed by atoms with Gasteiger partial charge in [-0.2, -0.15) is 0 Å². The van der Waals surface area contributed by atoms with Gasteiger partial charge in [0.25, 0.3) is 5.91 Å². The Balaban J connectivity index is 1.28. The van der Waals surface area contributed by atoms with Crippen molar-refractivity contribution in [2.75, 3.05) is 6.61 Å². The summed E-state index contributed by atoms with van der Waals surface area (Å²) in [5.74, 6) is 4.71. The zero-order valence-corrected chi connectivity index (χ0v) is 15.5. The first kappa shape index (κ1) is 16.9. The van der Waals surface area contributed by atoms with Gasteiger partial charge in [-0.1, -0.05) is 26.0 Å². The largest absolute Gasteiger partial charge is 0.484 e. The van der Waals surface area contributed by atoms with E-state index in [9.17, 15) is 4.79 Å². The maximum absolute atomic E-state index is 12.4. The number of carbonyl (C=O) groups is 1. The fourth-order valence-corrected chi connectivity index (χ4v) is 5.67. The Kier molecular flexibility index (Phi) is 4.75. The Morgan fingerprint density at radius 3 is 2.24 bits per heavy atom. The highest BCUT2D eigenvalue weighted by Crippen LogP contribution is 2.53. The van der Waals surface area contributed by atoms with Crippen molar-refractivity contribution in [3.05, 3.63) is 29.8 Å². The summed E-state index contributed by atoms with van der Waals surface area (Å²) in [5, 5.41) is 3.31. The molecular formula is C22H31NO2. The quantitative estimate of drug-likeness (QED) is 0.826. The van der Waals surface area contributed by atoms with Crippen LogP contribution in [0.4, 0.5) is 0 Å². The Bertz CT molecular complexity index is 581. The summed E-state index contributed by atoms with van der Waals surface area (Å²) in [7, 11) is 0. The third-order valence-corrected chi connectivity index (χ3v) is 6.99. The van der Waals surface area contributed by atoms with Gasteiger partial charge in [-0.3, -0.25) is 4.79 Å². The van der Waals surface area contributed by atoms with Gasteiger partial charge in [0.15, 0.2) is 6.61 Å². The zero-order chi connectivity index (χ0) is 17.4. The topological polar surface area (TPSA) is 38.3 Å². The van der Waals surface area contributed by atoms with Crippen LogP contribution < -0.4 is 10.1 Å². The second-order valence-corrected chi connectivity index (χ2v) is 8.69. The molecule has 5 rings (SSSR count). The minimum absolute atomic E-state index is 0.0449. The molecule has 1 aromatic rings. The van der Waals surface area contributed by atoms with Gasteiger partial charge in [0.05, 0.1) is 0 Å². The number of hydrogen-bond acceptors (Lipinski definition) is 2. The third-order valence-electron chi connectivity index (χ3n) is 6.99. The number of benzene rings is 1. The van der Waals surface area contributed by atoms with E-state index in [4.69, 9.17) is 4.74 Å². The molecule has 4 aliphatic carbocycles. The molecule has 136 valence electrons. The Labute approximate surface area is 151 Å². The lowest BCUT2D eigenvalue weighted by Crippen LogP contribution is -2.56. The number of hydrogen-bond donors (Lipinski definition) is 1. The highest BCUT2D eigenvalue weighted by Gasteiger charge is 2.48. The van der Waals surface area contributed by atoms with Crippen molar-refractivity contribution in [1.29, 1.82) is 0 Å². The molecular weight excluding hydrogens is 310 g/mol. The van der Waals surface area contributed by atoms with Crippen LogP contribution in [0.1, 0.15) is 63.9 Å². The van der Waals surface area contributed by atoms with Crippen LogP contribution in [0.15, 0.2) is 24.3 Å². The summed E-state index contributed by atoms with van der Waals surface area (Å²) in [6.07, 6.45) is 7.90. The molecule has 0 radical (unpaired) electrons. The van der Waals surface area contributed by atoms with E-state index < -0.39 is 0 Å². The van der Waals surface area contributed by atoms with Gasteiger partial charge in [0.2, 0.25) is 0 Å². The lowest BCUT2D eigenvalue weighted by molar-refractivity contribution is -0.127. The number of rotatable bonds is 6. The molecule has 1 N–H and O–H groups in total. The van der Waals surface area contributed by atoms with Crippen LogP contribution in [0, 0.1) is 23.7 Å². The van der Waals surface area contributed by atoms with E-state index in [1.165, 1.54) is 37.7 Å². The number of carbonyl (C=O) groups excluding carboxylic acids is 1. The van der Waals surface area contributed by atoms with E-state index in [-0.39, 0.29) is 12.5 Å². The van der Waals surface area contributed by atoms with Gasteiger partial charge in [-0.05, 0) is 85.8 Å². The lowest BCUT2D eigenvalue weighted by atomic mass is 9.54. The first-order valence-corrected chi connectivity index (χ1v) is 10.1. The fraction of sp³-hybridized carbons (Fsp3) is 0.682. The summed E-state index contributed by atoms with van der Waals surface area (Å²) in [6.45, 7) is 4.56. The standard InChI is InChI=1S/C22H31NO2/c1-3-14(2)17-4-6-20(7-5-17)25-13-21(24)23-22-18-9-15-8-16(11-18)12-19(22)10-15/h4-7,14-16,18-19,22H,3,8-13H2,1-2H3,(H,23,24)/t14-,15?,16?,18?,19?,22?/m1/s1. The highest BCUT2D eigenvalue weighted by atomic mass is 16.5. The Morgan fingerprint density at radius 1 is 1.08 bits per heavy atom. The predicted molar refractivity (Wildman–Crippen MR) is 99.6 cm³/mol. The summed E-state index contributed by atoms with van der Waals surface area (Å²) < 4.78 is 5.72. The summed E-state index contributed by atoms with van der Waals surface area (Å²) >= 11 is 0. The molecule has 1 amide bonds. The average Bonchev–Trinajstić information content (AvgIpc) is 2.62. The third kappa shape index (κ3) is 3.56. The Hall–Kier alpha value is -1.51. The number of ether oxygens (including phenoxy) is 1. The van der Waals surface area contributed by atoms with Gasteiger partial charge in [0.1, 0.15) is 5.75 Å². The summed E-state index contributed by atoms with van der Waals surface area (Å²) in [4.78, 5) is 12.4. The molecule has 1 aromatic carbocycles. The van der Waals surface area contributed by atoms with Crippen LogP contribution >= 0.6 is 0 Å². The second-order valence-electron chi connectivity index (χ2n) is 8.69. The molecule has 25 heavy (non-hydrogen) atoms. The number of nitrogens with one attached hydrogen (secondary N) is 1. The van der Waals surface area contributed by atoms with E-state index in [1.807, 2.05) is 12.1 Å². The molecule has 0 spiro atoms. The molecule has 0 unspecified atom stereocenters. The van der Waals surface area contributed by atoms with E-state index in [0.717, 1.165) is 35.8 Å². The van der Waals surface area contributed by atoms with Gasteiger partial charge in [0, 0.05) is 6.04 Å². The van der Waals surface area contributed by atoms with Crippen molar-refractivity contribution >= 4 is 5.91 Å². The minimum Gasteiger partial charge on any atom is -0.484 e. The van der Waals surface area contributed by atoms with Crippen LogP contribution in [-0.4, -0.2) is 18.6 Å². The molecule has 1 atom stereocenters. The Morgan fingerprint density at radius 2 is 1.68 bits per heavy atom. The molecule has 4 saturated carbocycles. The van der Waals surface area contributed by atoms with Gasteiger partial charge < -0.3 is 10.1 Å². The summed E-state index contributed by atoms with van der Waals surface area (Å²) in [5.41, 5.74) is 1.33. The van der Waals surface area contributed by atoms with E-state index in [2.05, 4.69) is 31.3 Å². The van der Waals surface area contributed by atoms with Crippen LogP contribution in [0.2, 0.25) is 0 Å². The zero-order valence-electron chi connectivity index (χ0n) is 15.5. The molecule has 3 heteroatoms. The average molecular weight is 341 g/mol. The normalized spacial score (nSPS) is 33.9. The molecule has 0 aliphatic heterocycles. The first-order chi connectivity index (χ1) is 12.1. The molecule has 4 fully saturated rings. The molecule has 0 heterocycles. The van der Waals surface area contributed by atoms with Gasteiger partial charge in [-0.15, -0.1) is 0 Å². The van der Waals surface area contributed by atoms with Crippen LogP contribution in [0.5, 0.6) is 5.75 Å². The first-order valence-electron chi connectivity index (χ1n) is 10.1. The van der Waals surface area contributed by atoms with Crippen LogP contribution in [0.3, 0.4) is 0 Å². The van der Waals surface area contributed by atoms with E-state index in [0.29, 0.717) is 12.0 Å². The highest BCUT2D eigenvalue weighted by molar-refractivity contribution is 5.78. The van der Waals surface area contributed by atoms with Crippen molar-refractivity contribution in [2.45, 2.75) is 64.3 Å². The smallest absolute Gasteiger partial charge is 0.258 e. The van der Waals surface area contributed by atoms with E-state index >= 15 is 0 Å². The lowest BCUT2D eigenvalue weighted by Gasteiger charge is -2.54. The molecule has 4 aliphatic rings. The van der Waals surface area contributed by atoms with Crippen molar-refractivity contribution in [3.8, 4) is 5.75 Å². The van der Waals surface area contributed by atoms with Gasteiger partial charge >= 0.3 is 0 Å². The molecule has 0 saturated heterocycles. The summed E-state index contributed by atoms with van der Waals surface area (Å²) in [6, 6.07) is 8.59. The number of amides is 1. The maximum Gasteiger partial charge on any atom is 0.258 e.